The van der Waals surface area contributed by atoms with Gasteiger partial charge in [0.05, 0.1) is 0 Å². The van der Waals surface area contributed by atoms with Crippen molar-refractivity contribution in [1.29, 1.82) is 0 Å². The van der Waals surface area contributed by atoms with Gasteiger partial charge in [-0.1, -0.05) is 84.5 Å². The van der Waals surface area contributed by atoms with E-state index in [1.54, 1.807) is 0 Å². The molecule has 0 radical (unpaired) electrons. The Hall–Kier alpha value is 0.0200. The van der Waals surface area contributed by atoms with Gasteiger partial charge in [-0.25, -0.2) is 0 Å². The molecule has 1 unspecified atom stereocenters. The molecule has 0 aliphatic carbocycles. The molecule has 108 valence electrons. The van der Waals surface area contributed by atoms with Crippen LogP contribution in [0.25, 0.3) is 0 Å². The van der Waals surface area contributed by atoms with Crippen LogP contribution in [0.1, 0.15) is 90.9 Å². The summed E-state index contributed by atoms with van der Waals surface area (Å²) in [5, 5.41) is 0.0436. The lowest BCUT2D eigenvalue weighted by Gasteiger charge is -2.06. The lowest BCUT2D eigenvalue weighted by molar-refractivity contribution is -0.113. The van der Waals surface area contributed by atoms with E-state index in [4.69, 9.17) is 0 Å². The molecule has 0 spiro atoms. The fraction of sp³-hybridized carbons (Fsp3) is 0.938. The van der Waals surface area contributed by atoms with Gasteiger partial charge in [0.2, 0.25) is 0 Å². The Labute approximate surface area is 120 Å². The first-order valence-corrected chi connectivity index (χ1v) is 8.36. The first kappa shape index (κ1) is 18.0. The first-order chi connectivity index (χ1) is 8.68. The van der Waals surface area contributed by atoms with Gasteiger partial charge in [-0.05, 0) is 6.42 Å². The number of carbonyl (C=O) groups excluding carboxylic acids is 1. The molecule has 2 heteroatoms. The predicted molar refractivity (Wildman–Crippen MR) is 84.2 cm³/mol. The summed E-state index contributed by atoms with van der Waals surface area (Å²) in [5.74, 6) is 0.145. The highest BCUT2D eigenvalue weighted by atomic mass is 32.1. The zero-order valence-electron chi connectivity index (χ0n) is 12.4. The largest absolute Gasteiger partial charge is 0.287 e. The van der Waals surface area contributed by atoms with Crippen molar-refractivity contribution in [3.63, 3.8) is 0 Å². The van der Waals surface area contributed by atoms with E-state index < -0.39 is 0 Å². The summed E-state index contributed by atoms with van der Waals surface area (Å²) < 4.78 is 0. The van der Waals surface area contributed by atoms with E-state index in [1.165, 1.54) is 70.6 Å². The Morgan fingerprint density at radius 1 is 0.833 bits per heavy atom. The topological polar surface area (TPSA) is 17.1 Å². The van der Waals surface area contributed by atoms with Crippen molar-refractivity contribution in [2.75, 3.05) is 0 Å². The highest BCUT2D eigenvalue weighted by Crippen LogP contribution is 2.15. The number of unbranched alkanes of at least 4 members (excludes halogenated alkanes) is 10. The molecule has 1 nitrogen and oxygen atoms in total. The predicted octanol–water partition coefficient (Wildman–Crippen LogP) is 5.78. The summed E-state index contributed by atoms with van der Waals surface area (Å²) in [6.07, 6.45) is 16.0. The molecule has 0 aromatic rings. The van der Waals surface area contributed by atoms with Gasteiger partial charge in [0, 0.05) is 5.92 Å². The highest BCUT2D eigenvalue weighted by Gasteiger charge is 2.06. The van der Waals surface area contributed by atoms with Gasteiger partial charge in [0.1, 0.15) is 0 Å². The molecule has 0 rings (SSSR count). The summed E-state index contributed by atoms with van der Waals surface area (Å²) in [6.45, 7) is 4.24. The summed E-state index contributed by atoms with van der Waals surface area (Å²) >= 11 is 3.86. The van der Waals surface area contributed by atoms with Crippen molar-refractivity contribution >= 4 is 17.7 Å². The Bertz CT molecular complexity index is 192. The van der Waals surface area contributed by atoms with Crippen LogP contribution in [-0.4, -0.2) is 5.12 Å². The van der Waals surface area contributed by atoms with Crippen LogP contribution in [0.4, 0.5) is 0 Å². The van der Waals surface area contributed by atoms with Crippen LogP contribution in [-0.2, 0) is 4.79 Å². The molecule has 0 heterocycles. The molecule has 0 fully saturated rings. The maximum atomic E-state index is 10.9. The van der Waals surface area contributed by atoms with Crippen molar-refractivity contribution in [2.45, 2.75) is 90.9 Å². The van der Waals surface area contributed by atoms with E-state index in [2.05, 4.69) is 19.6 Å². The molecule has 18 heavy (non-hydrogen) atoms. The van der Waals surface area contributed by atoms with Gasteiger partial charge >= 0.3 is 0 Å². The second-order valence-corrected chi connectivity index (χ2v) is 6.00. The third kappa shape index (κ3) is 12.5. The van der Waals surface area contributed by atoms with E-state index in [0.717, 1.165) is 6.42 Å². The molecule has 0 aromatic heterocycles. The van der Waals surface area contributed by atoms with Crippen LogP contribution >= 0.6 is 12.6 Å². The van der Waals surface area contributed by atoms with E-state index in [1.807, 2.05) is 6.92 Å². The fourth-order valence-electron chi connectivity index (χ4n) is 2.24. The molecule has 0 aliphatic heterocycles. The lowest BCUT2D eigenvalue weighted by atomic mass is 10.0. The van der Waals surface area contributed by atoms with Crippen molar-refractivity contribution in [1.82, 2.24) is 0 Å². The van der Waals surface area contributed by atoms with E-state index in [0.29, 0.717) is 0 Å². The third-order valence-corrected chi connectivity index (χ3v) is 4.10. The lowest BCUT2D eigenvalue weighted by Crippen LogP contribution is -2.03. The second kappa shape index (κ2) is 13.5. The molecule has 0 amide bonds. The fourth-order valence-corrected chi connectivity index (χ4v) is 2.37. The minimum Gasteiger partial charge on any atom is -0.287 e. The van der Waals surface area contributed by atoms with Crippen LogP contribution in [0.5, 0.6) is 0 Å². The zero-order valence-corrected chi connectivity index (χ0v) is 13.3. The quantitative estimate of drug-likeness (QED) is 0.332. The Balaban J connectivity index is 3.05. The van der Waals surface area contributed by atoms with E-state index >= 15 is 0 Å². The molecule has 0 saturated carbocycles. The van der Waals surface area contributed by atoms with Gasteiger partial charge in [-0.2, -0.15) is 0 Å². The minimum atomic E-state index is 0.0436. The molecule has 0 aliphatic rings. The normalized spacial score (nSPS) is 12.6. The molecule has 1 atom stereocenters. The van der Waals surface area contributed by atoms with Crippen LogP contribution in [0.3, 0.4) is 0 Å². The van der Waals surface area contributed by atoms with Gasteiger partial charge in [0.15, 0.2) is 5.12 Å². The standard InChI is InChI=1S/C16H32OS/c1-3-4-5-6-7-8-9-10-11-12-13-14-15(2)16(17)18/h15H,3-14H2,1-2H3,(H,17,18). The van der Waals surface area contributed by atoms with Gasteiger partial charge in [-0.3, -0.25) is 4.79 Å². The Morgan fingerprint density at radius 3 is 1.61 bits per heavy atom. The summed E-state index contributed by atoms with van der Waals surface area (Å²) in [4.78, 5) is 10.9. The van der Waals surface area contributed by atoms with Gasteiger partial charge in [0.25, 0.3) is 0 Å². The maximum Gasteiger partial charge on any atom is 0.188 e. The van der Waals surface area contributed by atoms with E-state index in [-0.39, 0.29) is 11.0 Å². The molecular formula is C16H32OS. The average Bonchev–Trinajstić information content (AvgIpc) is 2.35. The SMILES string of the molecule is CCCCCCCCCCCCCC(C)C(=O)S. The smallest absolute Gasteiger partial charge is 0.188 e. The second-order valence-electron chi connectivity index (χ2n) is 5.56. The van der Waals surface area contributed by atoms with Crippen LogP contribution in [0, 0.1) is 5.92 Å². The minimum absolute atomic E-state index is 0.0436. The first-order valence-electron chi connectivity index (χ1n) is 7.91. The summed E-state index contributed by atoms with van der Waals surface area (Å²) in [7, 11) is 0. The Morgan fingerprint density at radius 2 is 1.22 bits per heavy atom. The molecule has 0 saturated heterocycles. The third-order valence-electron chi connectivity index (χ3n) is 3.66. The van der Waals surface area contributed by atoms with Gasteiger partial charge in [-0.15, -0.1) is 12.6 Å². The molecular weight excluding hydrogens is 240 g/mol. The number of hydrogen-bond donors (Lipinski definition) is 1. The van der Waals surface area contributed by atoms with Crippen LogP contribution < -0.4 is 0 Å². The average molecular weight is 272 g/mol. The number of hydrogen-bond acceptors (Lipinski definition) is 1. The van der Waals surface area contributed by atoms with Crippen molar-refractivity contribution in [3.8, 4) is 0 Å². The maximum absolute atomic E-state index is 10.9. The van der Waals surface area contributed by atoms with Crippen molar-refractivity contribution in [2.24, 2.45) is 5.92 Å². The number of thiol groups is 1. The van der Waals surface area contributed by atoms with Crippen LogP contribution in [0.2, 0.25) is 0 Å². The number of rotatable bonds is 13. The molecule has 0 bridgehead atoms. The zero-order chi connectivity index (χ0) is 13.6. The Kier molecular flexibility index (Phi) is 13.5. The monoisotopic (exact) mass is 272 g/mol. The molecule has 0 N–H and O–H groups in total. The number of carbonyl (C=O) groups is 1. The van der Waals surface area contributed by atoms with Crippen LogP contribution in [0.15, 0.2) is 0 Å². The highest BCUT2D eigenvalue weighted by molar-refractivity contribution is 7.96. The summed E-state index contributed by atoms with van der Waals surface area (Å²) in [6, 6.07) is 0. The van der Waals surface area contributed by atoms with Crippen molar-refractivity contribution < 1.29 is 4.79 Å². The van der Waals surface area contributed by atoms with Crippen molar-refractivity contribution in [3.05, 3.63) is 0 Å². The van der Waals surface area contributed by atoms with E-state index in [9.17, 15) is 4.79 Å². The van der Waals surface area contributed by atoms with Gasteiger partial charge < -0.3 is 0 Å². The molecule has 0 aromatic carbocycles. The summed E-state index contributed by atoms with van der Waals surface area (Å²) in [5.41, 5.74) is 0.